The second kappa shape index (κ2) is 2.88. The summed E-state index contributed by atoms with van der Waals surface area (Å²) in [7, 11) is 0. The molecule has 0 saturated carbocycles. The van der Waals surface area contributed by atoms with Crippen LogP contribution in [0.1, 0.15) is 15.9 Å². The summed E-state index contributed by atoms with van der Waals surface area (Å²) in [5, 5.41) is 0.398. The van der Waals surface area contributed by atoms with Crippen molar-refractivity contribution in [3.8, 4) is 0 Å². The minimum atomic E-state index is -0.489. The number of nitrogens with two attached hydrogens (primary N) is 1. The van der Waals surface area contributed by atoms with Gasteiger partial charge in [0.25, 0.3) is 0 Å². The zero-order valence-electron chi connectivity index (χ0n) is 5.97. The quantitative estimate of drug-likeness (QED) is 0.643. The highest BCUT2D eigenvalue weighted by atomic mass is 35.5. The molecule has 0 atom stereocenters. The van der Waals surface area contributed by atoms with Crippen LogP contribution < -0.4 is 5.73 Å². The third kappa shape index (κ3) is 1.68. The first kappa shape index (κ1) is 8.01. The van der Waals surface area contributed by atoms with Crippen molar-refractivity contribution in [3.05, 3.63) is 28.5 Å². The number of nitrogens with zero attached hydrogens (tertiary/aromatic N) is 1. The van der Waals surface area contributed by atoms with E-state index >= 15 is 0 Å². The Morgan fingerprint density at radius 2 is 2.36 bits per heavy atom. The van der Waals surface area contributed by atoms with E-state index < -0.39 is 5.91 Å². The summed E-state index contributed by atoms with van der Waals surface area (Å²) in [6.07, 6.45) is 1.36. The summed E-state index contributed by atoms with van der Waals surface area (Å²) in [6.45, 7) is 1.77. The van der Waals surface area contributed by atoms with Crippen LogP contribution in [0.15, 0.2) is 12.3 Å². The summed E-state index contributed by atoms with van der Waals surface area (Å²) in [4.78, 5) is 14.4. The molecule has 0 aliphatic rings. The number of rotatable bonds is 1. The van der Waals surface area contributed by atoms with Crippen LogP contribution in [0.5, 0.6) is 0 Å². The highest BCUT2D eigenvalue weighted by molar-refractivity contribution is 6.30. The van der Waals surface area contributed by atoms with Crippen molar-refractivity contribution in [2.24, 2.45) is 5.73 Å². The molecule has 1 aromatic rings. The summed E-state index contributed by atoms with van der Waals surface area (Å²) in [6, 6.07) is 1.61. The Balaban J connectivity index is 3.15. The molecule has 3 nitrogen and oxygen atoms in total. The average molecular weight is 171 g/mol. The normalized spacial score (nSPS) is 9.64. The molecule has 1 heterocycles. The van der Waals surface area contributed by atoms with E-state index in [0.29, 0.717) is 10.7 Å². The molecule has 0 fully saturated rings. The summed E-state index contributed by atoms with van der Waals surface area (Å²) < 4.78 is 0. The Labute approximate surface area is 69.2 Å². The number of amides is 1. The fraction of sp³-hybridized carbons (Fsp3) is 0.143. The van der Waals surface area contributed by atoms with Gasteiger partial charge in [0.05, 0.1) is 5.56 Å². The first-order valence-electron chi connectivity index (χ1n) is 3.03. The van der Waals surface area contributed by atoms with Gasteiger partial charge in [-0.2, -0.15) is 0 Å². The van der Waals surface area contributed by atoms with E-state index in [9.17, 15) is 4.79 Å². The number of primary amides is 1. The maximum Gasteiger partial charge on any atom is 0.250 e. The number of halogens is 1. The Morgan fingerprint density at radius 1 is 1.73 bits per heavy atom. The summed E-state index contributed by atoms with van der Waals surface area (Å²) in [5.74, 6) is -0.489. The Morgan fingerprint density at radius 3 is 2.82 bits per heavy atom. The molecular weight excluding hydrogens is 164 g/mol. The zero-order valence-corrected chi connectivity index (χ0v) is 6.72. The van der Waals surface area contributed by atoms with E-state index in [4.69, 9.17) is 17.3 Å². The van der Waals surface area contributed by atoms with Crippen molar-refractivity contribution in [2.45, 2.75) is 6.92 Å². The molecule has 4 heteroatoms. The lowest BCUT2D eigenvalue weighted by Gasteiger charge is -1.97. The highest BCUT2D eigenvalue weighted by Crippen LogP contribution is 2.11. The molecule has 1 rings (SSSR count). The molecule has 0 aromatic carbocycles. The molecule has 0 unspecified atom stereocenters. The molecule has 0 aliphatic heterocycles. The molecule has 2 N–H and O–H groups in total. The van der Waals surface area contributed by atoms with Crippen LogP contribution in [0.4, 0.5) is 0 Å². The van der Waals surface area contributed by atoms with E-state index in [1.807, 2.05) is 0 Å². The van der Waals surface area contributed by atoms with Gasteiger partial charge in [-0.15, -0.1) is 0 Å². The summed E-state index contributed by atoms with van der Waals surface area (Å²) >= 11 is 5.62. The van der Waals surface area contributed by atoms with Crippen molar-refractivity contribution in [1.82, 2.24) is 4.98 Å². The van der Waals surface area contributed by atoms with E-state index in [-0.39, 0.29) is 0 Å². The van der Waals surface area contributed by atoms with Crippen molar-refractivity contribution in [2.75, 3.05) is 0 Å². The molecule has 1 amide bonds. The lowest BCUT2D eigenvalue weighted by Crippen LogP contribution is -2.11. The van der Waals surface area contributed by atoms with Crippen LogP contribution >= 0.6 is 11.6 Å². The topological polar surface area (TPSA) is 56.0 Å². The van der Waals surface area contributed by atoms with Crippen LogP contribution in [-0.4, -0.2) is 10.9 Å². The minimum Gasteiger partial charge on any atom is -0.366 e. The molecule has 0 aliphatic carbocycles. The van der Waals surface area contributed by atoms with Crippen molar-refractivity contribution < 1.29 is 4.79 Å². The number of hydrogen-bond donors (Lipinski definition) is 1. The minimum absolute atomic E-state index is 0.381. The Hall–Kier alpha value is -1.09. The predicted octanol–water partition coefficient (Wildman–Crippen LogP) is 1.14. The summed E-state index contributed by atoms with van der Waals surface area (Å²) in [5.41, 5.74) is 6.14. The third-order valence-corrected chi connectivity index (χ3v) is 1.69. The SMILES string of the molecule is Cc1cc(C(N)=O)cnc1Cl. The fourth-order valence-corrected chi connectivity index (χ4v) is 0.796. The van der Waals surface area contributed by atoms with Gasteiger partial charge in [0.1, 0.15) is 5.15 Å². The average Bonchev–Trinajstić information content (AvgIpc) is 1.94. The van der Waals surface area contributed by atoms with Crippen LogP contribution in [0.3, 0.4) is 0 Å². The molecule has 58 valence electrons. The first-order valence-corrected chi connectivity index (χ1v) is 3.41. The van der Waals surface area contributed by atoms with Crippen molar-refractivity contribution in [1.29, 1.82) is 0 Å². The maximum atomic E-state index is 10.6. The molecule has 1 aromatic heterocycles. The van der Waals surface area contributed by atoms with Crippen LogP contribution in [-0.2, 0) is 0 Å². The zero-order chi connectivity index (χ0) is 8.43. The lowest BCUT2D eigenvalue weighted by molar-refractivity contribution is 0.1000. The van der Waals surface area contributed by atoms with Gasteiger partial charge < -0.3 is 5.73 Å². The molecule has 0 bridgehead atoms. The van der Waals surface area contributed by atoms with Gasteiger partial charge in [-0.1, -0.05) is 11.6 Å². The van der Waals surface area contributed by atoms with Gasteiger partial charge >= 0.3 is 0 Å². The van der Waals surface area contributed by atoms with Gasteiger partial charge in [-0.05, 0) is 18.6 Å². The highest BCUT2D eigenvalue weighted by Gasteiger charge is 2.02. The smallest absolute Gasteiger partial charge is 0.250 e. The Bertz CT molecular complexity index is 298. The van der Waals surface area contributed by atoms with Crippen molar-refractivity contribution >= 4 is 17.5 Å². The second-order valence-corrected chi connectivity index (χ2v) is 2.55. The molecular formula is C7H7ClN2O. The van der Waals surface area contributed by atoms with Gasteiger partial charge in [0.2, 0.25) is 5.91 Å². The van der Waals surface area contributed by atoms with Crippen LogP contribution in [0.2, 0.25) is 5.15 Å². The van der Waals surface area contributed by atoms with Crippen molar-refractivity contribution in [3.63, 3.8) is 0 Å². The van der Waals surface area contributed by atoms with Crippen LogP contribution in [0, 0.1) is 6.92 Å². The number of carbonyl (C=O) groups excluding carboxylic acids is 1. The fourth-order valence-electron chi connectivity index (χ4n) is 0.693. The lowest BCUT2D eigenvalue weighted by atomic mass is 10.2. The Kier molecular flexibility index (Phi) is 2.10. The number of carbonyl (C=O) groups is 1. The predicted molar refractivity (Wildman–Crippen MR) is 42.5 cm³/mol. The van der Waals surface area contributed by atoms with E-state index in [0.717, 1.165) is 5.56 Å². The van der Waals surface area contributed by atoms with E-state index in [1.54, 1.807) is 13.0 Å². The van der Waals surface area contributed by atoms with E-state index in [2.05, 4.69) is 4.98 Å². The molecule has 0 saturated heterocycles. The van der Waals surface area contributed by atoms with Gasteiger partial charge in [0.15, 0.2) is 0 Å². The third-order valence-electron chi connectivity index (χ3n) is 1.30. The molecule has 0 spiro atoms. The first-order chi connectivity index (χ1) is 5.11. The van der Waals surface area contributed by atoms with Crippen LogP contribution in [0.25, 0.3) is 0 Å². The number of pyridine rings is 1. The standard InChI is InChI=1S/C7H7ClN2O/c1-4-2-5(7(9)11)3-10-6(4)8/h2-3H,1H3,(H2,9,11). The van der Waals surface area contributed by atoms with Gasteiger partial charge in [0, 0.05) is 6.20 Å². The van der Waals surface area contributed by atoms with Gasteiger partial charge in [-0.3, -0.25) is 4.79 Å². The molecule has 11 heavy (non-hydrogen) atoms. The number of hydrogen-bond acceptors (Lipinski definition) is 2. The maximum absolute atomic E-state index is 10.6. The second-order valence-electron chi connectivity index (χ2n) is 2.20. The van der Waals surface area contributed by atoms with Gasteiger partial charge in [-0.25, -0.2) is 4.98 Å². The number of aryl methyl sites for hydroxylation is 1. The monoisotopic (exact) mass is 170 g/mol. The molecule has 0 radical (unpaired) electrons. The van der Waals surface area contributed by atoms with E-state index in [1.165, 1.54) is 6.20 Å². The number of aromatic nitrogens is 1. The largest absolute Gasteiger partial charge is 0.366 e.